The molecule has 1 aliphatic heterocycles. The van der Waals surface area contributed by atoms with Crippen LogP contribution in [0.2, 0.25) is 0 Å². The number of ether oxygens (including phenoxy) is 1. The molecule has 0 aliphatic carbocycles. The minimum Gasteiger partial charge on any atom is -0.845 e. The van der Waals surface area contributed by atoms with Gasteiger partial charge in [-0.05, 0) is 13.8 Å². The number of hydrogen-bond donors (Lipinski definition) is 4. The molecule has 1 atom stereocenters. The maximum atomic E-state index is 13.0. The number of carbonyl (C=O) groups is 3. The molecule has 0 bridgehead atoms. The molecule has 0 saturated carbocycles. The van der Waals surface area contributed by atoms with E-state index in [0.29, 0.717) is 4.90 Å². The van der Waals surface area contributed by atoms with E-state index in [4.69, 9.17) is 15.3 Å². The van der Waals surface area contributed by atoms with E-state index in [1.54, 1.807) is 0 Å². The third-order valence-electron chi connectivity index (χ3n) is 6.20. The predicted octanol–water partition coefficient (Wildman–Crippen LogP) is -11.1. The van der Waals surface area contributed by atoms with Gasteiger partial charge in [0.2, 0.25) is 5.43 Å². The first kappa shape index (κ1) is 41.6. The van der Waals surface area contributed by atoms with Gasteiger partial charge < -0.3 is 50.6 Å². The van der Waals surface area contributed by atoms with Gasteiger partial charge >= 0.3 is 75.0 Å². The van der Waals surface area contributed by atoms with E-state index < -0.39 is 74.8 Å². The number of anilines is 1. The van der Waals surface area contributed by atoms with Gasteiger partial charge in [-0.2, -0.15) is 8.42 Å². The van der Waals surface area contributed by atoms with Crippen LogP contribution in [-0.2, 0) is 40.7 Å². The second-order valence-corrected chi connectivity index (χ2v) is 12.2. The van der Waals surface area contributed by atoms with Crippen LogP contribution in [0, 0.1) is 0 Å². The minimum absolute atomic E-state index is 0. The van der Waals surface area contributed by atoms with Crippen molar-refractivity contribution in [3.63, 3.8) is 0 Å². The number of amides is 2. The van der Waals surface area contributed by atoms with E-state index in [1.807, 2.05) is 0 Å². The van der Waals surface area contributed by atoms with E-state index >= 15 is 0 Å². The number of H-pyrrole nitrogens is 1. The predicted molar refractivity (Wildman–Crippen MR) is 155 cm³/mol. The van der Waals surface area contributed by atoms with Crippen molar-refractivity contribution in [2.45, 2.75) is 32.0 Å². The van der Waals surface area contributed by atoms with Gasteiger partial charge in [0, 0.05) is 24.8 Å². The summed E-state index contributed by atoms with van der Waals surface area (Å²) in [5, 5.41) is 44.2. The number of amidine groups is 1. The molecule has 3 aromatic heterocycles. The first-order valence-electron chi connectivity index (χ1n) is 12.9. The number of carboxylic acids is 1. The third kappa shape index (κ3) is 9.14. The number of oxime groups is 1. The fourth-order valence-electron chi connectivity index (χ4n) is 3.62. The Morgan fingerprint density at radius 1 is 1.27 bits per heavy atom. The minimum atomic E-state index is -5.23. The largest absolute Gasteiger partial charge is 1.00 e. The Hall–Kier alpha value is -3.62. The molecule has 0 spiro atoms. The number of aromatic nitrogens is 5. The number of nitrogens with one attached hydrogen (secondary N) is 2. The number of rotatable bonds is 12. The average molecular weight is 743 g/mol. The van der Waals surface area contributed by atoms with Gasteiger partial charge in [-0.3, -0.25) is 19.0 Å². The summed E-state index contributed by atoms with van der Waals surface area (Å²) in [6.45, 7) is 1.27. The Labute approximate surface area is 323 Å². The van der Waals surface area contributed by atoms with Gasteiger partial charge in [0.25, 0.3) is 11.8 Å². The number of β-lactam (4-membered cyclic amide) rings is 1. The van der Waals surface area contributed by atoms with Gasteiger partial charge in [0.15, 0.2) is 28.0 Å². The van der Waals surface area contributed by atoms with Crippen molar-refractivity contribution in [2.24, 2.45) is 9.55 Å². The van der Waals surface area contributed by atoms with E-state index in [9.17, 15) is 47.7 Å². The molecule has 4 rings (SSSR count). The molecule has 5 N–H and O–H groups in total. The average Bonchev–Trinajstić information content (AvgIpc) is 3.57. The Morgan fingerprint density at radius 2 is 1.94 bits per heavy atom. The normalized spacial score (nSPS) is 15.1. The van der Waals surface area contributed by atoms with E-state index in [-0.39, 0.29) is 98.7 Å². The van der Waals surface area contributed by atoms with E-state index in [2.05, 4.69) is 29.9 Å². The first-order chi connectivity index (χ1) is 22.0. The molecular weight excluding hydrogens is 718 g/mol. The van der Waals surface area contributed by atoms with E-state index in [0.717, 1.165) is 42.0 Å². The van der Waals surface area contributed by atoms with Gasteiger partial charge in [-0.25, -0.2) is 9.78 Å². The summed E-state index contributed by atoms with van der Waals surface area (Å²) < 4.78 is 34.5. The summed E-state index contributed by atoms with van der Waals surface area (Å²) in [4.78, 5) is 73.5. The molecule has 2 amide bonds. The van der Waals surface area contributed by atoms with Crippen LogP contribution in [0.4, 0.5) is 5.13 Å². The number of carboxylic acid groups (broad SMARTS) is 1. The van der Waals surface area contributed by atoms with Gasteiger partial charge in [-0.1, -0.05) is 9.24 Å². The quantitative estimate of drug-likeness (QED) is 0.0440. The van der Waals surface area contributed by atoms with Crippen molar-refractivity contribution < 1.29 is 107 Å². The van der Waals surface area contributed by atoms with E-state index in [1.165, 1.54) is 12.5 Å². The Morgan fingerprint density at radius 3 is 2.49 bits per heavy atom. The number of nitrogen functional groups attached to an aromatic ring is 1. The molecular formula is C23H24N10Na2O12S2. The molecule has 0 radical (unpaired) electrons. The van der Waals surface area contributed by atoms with Crippen LogP contribution in [-0.4, -0.2) is 104 Å². The van der Waals surface area contributed by atoms with Crippen LogP contribution in [0.25, 0.3) is 11.5 Å². The molecule has 3 aromatic rings. The second-order valence-electron chi connectivity index (χ2n) is 9.92. The molecule has 1 fully saturated rings. The Bertz CT molecular complexity index is 2040. The number of thiazole rings is 1. The van der Waals surface area contributed by atoms with Crippen molar-refractivity contribution in [1.29, 1.82) is 0 Å². The topological polar surface area (TPSA) is 322 Å². The number of pyridine rings is 1. The van der Waals surface area contributed by atoms with Gasteiger partial charge in [0.1, 0.15) is 11.7 Å². The zero-order chi connectivity index (χ0) is 34.8. The molecule has 4 heterocycles. The number of methoxy groups -OCH3 is 1. The maximum Gasteiger partial charge on any atom is 1.00 e. The fraction of sp³-hybridized carbons (Fsp3) is 0.348. The molecule has 0 aromatic carbocycles. The van der Waals surface area contributed by atoms with Crippen molar-refractivity contribution in [1.82, 2.24) is 33.9 Å². The maximum absolute atomic E-state index is 13.0. The summed E-state index contributed by atoms with van der Waals surface area (Å²) in [6, 6.07) is -2.17. The number of carbonyl (C=O) groups excluding carboxylic acids is 3. The monoisotopic (exact) mass is 742 g/mol. The summed E-state index contributed by atoms with van der Waals surface area (Å²) in [7, 11) is -3.93. The van der Waals surface area contributed by atoms with Crippen LogP contribution in [0.1, 0.15) is 19.5 Å². The van der Waals surface area contributed by atoms with Crippen molar-refractivity contribution in [3.05, 3.63) is 44.0 Å². The number of nitrogens with zero attached hydrogens (tertiary/aromatic N) is 7. The summed E-state index contributed by atoms with van der Waals surface area (Å²) in [6.07, 6.45) is 0.886. The van der Waals surface area contributed by atoms with Crippen LogP contribution in [0.3, 0.4) is 0 Å². The smallest absolute Gasteiger partial charge is 0.845 e. The molecule has 1 saturated heterocycles. The molecule has 252 valence electrons. The zero-order valence-corrected chi connectivity index (χ0v) is 32.0. The Kier molecular flexibility index (Phi) is 13.9. The molecule has 22 nitrogen and oxygen atoms in total. The number of aromatic amines is 1. The SMILES string of the molecule is COCCn1c(-c2cc(=O)c(O)c[nH]2)nn(S(=O)(=O)/N=C(\[O-])N2C[C@H](NC(=O)/C(=N\OC(C)(C)C(=O)[O-])c3csc(N)n3)C2=O)c1=O.[Na+].[Na+]. The standard InChI is InChI=1S/C23H26N10O12S2.2Na/c1-23(2,19(38)39)45-29-15(12-9-46-20(24)27-12)17(36)26-11-8-32(18(11)37)21(40)30-47(42,43)33-22(41)31(4-5-44-3)16(28-33)10-6-13(34)14(35)7-25-10;;/h6-7,9,11,35H,4-5,8H2,1-3H3,(H2,24,27)(H,25,34)(H,26,36)(H,30,40)(H,38,39);;/q;2*+1/p-2/b29-15-;;/t11-;;/m0../s1. The molecule has 0 unspecified atom stereocenters. The van der Waals surface area contributed by atoms with Crippen molar-refractivity contribution in [2.75, 3.05) is 26.0 Å². The number of nitrogens with two attached hydrogens (primary N) is 1. The molecule has 1 aliphatic rings. The number of aliphatic carboxylic acids is 1. The third-order valence-corrected chi connectivity index (χ3v) is 7.94. The fourth-order valence-corrected chi connectivity index (χ4v) is 5.02. The second kappa shape index (κ2) is 16.4. The van der Waals surface area contributed by atoms with Gasteiger partial charge in [0.05, 0.1) is 37.4 Å². The number of hydrogen-bond acceptors (Lipinski definition) is 17. The van der Waals surface area contributed by atoms with Crippen molar-refractivity contribution in [3.8, 4) is 17.3 Å². The number of aromatic hydroxyl groups is 1. The Balaban J connectivity index is 0.00000417. The van der Waals surface area contributed by atoms with Crippen LogP contribution >= 0.6 is 11.3 Å². The summed E-state index contributed by atoms with van der Waals surface area (Å²) in [5.41, 5.74) is 0.562. The number of likely N-dealkylation sites (tertiary alicyclic amines) is 1. The van der Waals surface area contributed by atoms with Crippen LogP contribution in [0.5, 0.6) is 5.75 Å². The molecule has 49 heavy (non-hydrogen) atoms. The van der Waals surface area contributed by atoms with Gasteiger partial charge in [-0.15, -0.1) is 20.8 Å². The summed E-state index contributed by atoms with van der Waals surface area (Å²) >= 11 is 0.913. The zero-order valence-electron chi connectivity index (χ0n) is 26.4. The summed E-state index contributed by atoms with van der Waals surface area (Å²) in [5.74, 6) is -4.89. The van der Waals surface area contributed by atoms with Crippen LogP contribution < -0.4 is 91.5 Å². The first-order valence-corrected chi connectivity index (χ1v) is 15.2. The molecule has 26 heteroatoms. The van der Waals surface area contributed by atoms with Crippen LogP contribution in [0.15, 0.2) is 36.8 Å². The van der Waals surface area contributed by atoms with Crippen molar-refractivity contribution >= 4 is 56.2 Å².